The van der Waals surface area contributed by atoms with Crippen molar-refractivity contribution in [2.24, 2.45) is 0 Å². The molecule has 1 aromatic heterocycles. The molecule has 3 N–H and O–H groups in total. The number of halogens is 4. The summed E-state index contributed by atoms with van der Waals surface area (Å²) in [7, 11) is -4.05. The van der Waals surface area contributed by atoms with Crippen LogP contribution in [0.4, 0.5) is 22.8 Å². The molecule has 46 heavy (non-hydrogen) atoms. The predicted octanol–water partition coefficient (Wildman–Crippen LogP) is 7.08. The average Bonchev–Trinajstić information content (AvgIpc) is 3.30. The maximum absolute atomic E-state index is 13.7. The number of fused-ring (bicyclic) bond motifs is 1. The lowest BCUT2D eigenvalue weighted by Gasteiger charge is -2.37. The molecule has 3 amide bonds. The van der Waals surface area contributed by atoms with Gasteiger partial charge in [-0.1, -0.05) is 41.4 Å². The van der Waals surface area contributed by atoms with Crippen LogP contribution in [0, 0.1) is 6.92 Å². The number of carbonyl (C=O) groups is 2. The zero-order chi connectivity index (χ0) is 34.2. The van der Waals surface area contributed by atoms with E-state index in [9.17, 15) is 36.3 Å². The van der Waals surface area contributed by atoms with Gasteiger partial charge < -0.3 is 10.4 Å². The van der Waals surface area contributed by atoms with Crippen molar-refractivity contribution >= 4 is 44.8 Å². The third kappa shape index (κ3) is 7.56. The predicted molar refractivity (Wildman–Crippen MR) is 168 cm³/mol. The van der Waals surface area contributed by atoms with E-state index in [1.54, 1.807) is 68.7 Å². The van der Waals surface area contributed by atoms with E-state index >= 15 is 0 Å². The summed E-state index contributed by atoms with van der Waals surface area (Å²) in [4.78, 5) is 30.1. The van der Waals surface area contributed by atoms with Gasteiger partial charge in [0.05, 0.1) is 32.6 Å². The average molecular weight is 680 g/mol. The number of rotatable bonds is 8. The first-order chi connectivity index (χ1) is 21.3. The number of hydrogen-bond donors (Lipinski definition) is 3. The Kier molecular flexibility index (Phi) is 9.64. The number of imidazole rings is 1. The number of alkyl halides is 3. The summed E-state index contributed by atoms with van der Waals surface area (Å²) in [6.45, 7) is 8.61. The molecule has 1 unspecified atom stereocenters. The van der Waals surface area contributed by atoms with Crippen molar-refractivity contribution in [3.63, 3.8) is 0 Å². The molecule has 246 valence electrons. The molecular formula is C31H33ClF3N5O5S. The summed E-state index contributed by atoms with van der Waals surface area (Å²) in [5.41, 5.74) is 0.411. The Labute approximate surface area is 269 Å². The van der Waals surface area contributed by atoms with E-state index < -0.39 is 50.5 Å². The molecule has 0 aliphatic carbocycles. The van der Waals surface area contributed by atoms with Gasteiger partial charge in [-0.25, -0.2) is 27.7 Å². The molecule has 0 radical (unpaired) electrons. The minimum Gasteiger partial charge on any atom is -0.465 e. The maximum Gasteiger partial charge on any atom is 0.417 e. The first kappa shape index (κ1) is 34.6. The summed E-state index contributed by atoms with van der Waals surface area (Å²) in [6, 6.07) is 13.1. The molecule has 3 aromatic carbocycles. The fraction of sp³-hybridized carbons (Fsp3) is 0.323. The van der Waals surface area contributed by atoms with Crippen LogP contribution in [0.5, 0.6) is 0 Å². The van der Waals surface area contributed by atoms with Gasteiger partial charge in [-0.2, -0.15) is 13.2 Å². The molecule has 1 atom stereocenters. The molecule has 0 spiro atoms. The fourth-order valence-corrected chi connectivity index (χ4v) is 6.29. The zero-order valence-corrected chi connectivity index (χ0v) is 27.2. The Balaban J connectivity index is 1.60. The standard InChI is InChI=1S/C31H33ClF3N5O5S/c1-18-6-12-22(13-7-18)46(44,45)38-28(41)36-15-14-20-8-10-21(11-9-20)39-26-17-24(32)23(31(33,34)35)16-25(26)37-27(39)19(2)40(29(42)43)30(3,4)5/h6-13,16-17,19H,14-15H2,1-5H3,(H,42,43)(H2,36,38,41). The van der Waals surface area contributed by atoms with Gasteiger partial charge in [0.25, 0.3) is 10.0 Å². The Morgan fingerprint density at radius 1 is 1.04 bits per heavy atom. The molecule has 0 bridgehead atoms. The molecule has 10 nitrogen and oxygen atoms in total. The second kappa shape index (κ2) is 12.8. The Morgan fingerprint density at radius 2 is 1.65 bits per heavy atom. The van der Waals surface area contributed by atoms with Gasteiger partial charge in [-0.3, -0.25) is 9.47 Å². The molecule has 4 aromatic rings. The SMILES string of the molecule is Cc1ccc(S(=O)(=O)NC(=O)NCCc2ccc(-n3c(C(C)N(C(=O)O)C(C)(C)C)nc4cc(C(F)(F)F)c(Cl)cc43)cc2)cc1. The number of nitrogens with zero attached hydrogens (tertiary/aromatic N) is 3. The van der Waals surface area contributed by atoms with Gasteiger partial charge >= 0.3 is 18.3 Å². The number of hydrogen-bond acceptors (Lipinski definition) is 5. The minimum absolute atomic E-state index is 0.0160. The van der Waals surface area contributed by atoms with E-state index in [1.807, 2.05) is 11.6 Å². The first-order valence-corrected chi connectivity index (χ1v) is 15.9. The lowest BCUT2D eigenvalue weighted by atomic mass is 10.0. The van der Waals surface area contributed by atoms with Crippen LogP contribution < -0.4 is 10.0 Å². The number of carbonyl (C=O) groups excluding carboxylic acids is 1. The number of benzene rings is 3. The lowest BCUT2D eigenvalue weighted by Crippen LogP contribution is -2.46. The molecule has 0 saturated heterocycles. The van der Waals surface area contributed by atoms with E-state index in [2.05, 4.69) is 10.3 Å². The third-order valence-electron chi connectivity index (χ3n) is 7.22. The highest BCUT2D eigenvalue weighted by molar-refractivity contribution is 7.90. The normalized spacial score (nSPS) is 13.0. The van der Waals surface area contributed by atoms with Gasteiger partial charge in [0.15, 0.2) is 0 Å². The van der Waals surface area contributed by atoms with Crippen LogP contribution in [-0.2, 0) is 22.6 Å². The van der Waals surface area contributed by atoms with Crippen LogP contribution in [0.3, 0.4) is 0 Å². The van der Waals surface area contributed by atoms with Crippen LogP contribution in [0.2, 0.25) is 5.02 Å². The van der Waals surface area contributed by atoms with E-state index in [0.29, 0.717) is 12.1 Å². The van der Waals surface area contributed by atoms with Gasteiger partial charge in [0.2, 0.25) is 0 Å². The van der Waals surface area contributed by atoms with Gasteiger partial charge in [0.1, 0.15) is 5.82 Å². The summed E-state index contributed by atoms with van der Waals surface area (Å²) >= 11 is 6.07. The topological polar surface area (TPSA) is 134 Å². The Bertz CT molecular complexity index is 1870. The third-order valence-corrected chi connectivity index (χ3v) is 8.88. The van der Waals surface area contributed by atoms with E-state index in [-0.39, 0.29) is 28.3 Å². The smallest absolute Gasteiger partial charge is 0.417 e. The number of amides is 3. The van der Waals surface area contributed by atoms with Crippen molar-refractivity contribution in [2.75, 3.05) is 6.54 Å². The van der Waals surface area contributed by atoms with E-state index in [0.717, 1.165) is 23.3 Å². The first-order valence-electron chi connectivity index (χ1n) is 14.1. The molecule has 0 saturated carbocycles. The van der Waals surface area contributed by atoms with E-state index in [4.69, 9.17) is 11.6 Å². The molecule has 0 aliphatic heterocycles. The summed E-state index contributed by atoms with van der Waals surface area (Å²) in [5, 5.41) is 12.0. The Hall–Kier alpha value is -4.30. The van der Waals surface area contributed by atoms with Crippen molar-refractivity contribution < 1.29 is 36.3 Å². The minimum atomic E-state index is -4.73. The highest BCUT2D eigenvalue weighted by atomic mass is 35.5. The second-order valence-electron chi connectivity index (χ2n) is 11.7. The molecule has 15 heteroatoms. The van der Waals surface area contributed by atoms with Gasteiger partial charge in [0, 0.05) is 17.8 Å². The largest absolute Gasteiger partial charge is 0.465 e. The number of nitrogens with one attached hydrogen (secondary N) is 2. The highest BCUT2D eigenvalue weighted by Crippen LogP contribution is 2.39. The van der Waals surface area contributed by atoms with Crippen molar-refractivity contribution in [1.29, 1.82) is 0 Å². The number of aryl methyl sites for hydroxylation is 1. The Morgan fingerprint density at radius 3 is 2.20 bits per heavy atom. The number of sulfonamides is 1. The monoisotopic (exact) mass is 679 g/mol. The van der Waals surface area contributed by atoms with Crippen LogP contribution in [0.25, 0.3) is 16.7 Å². The molecule has 0 fully saturated rings. The molecule has 0 aliphatic rings. The van der Waals surface area contributed by atoms with Crippen molar-refractivity contribution in [1.82, 2.24) is 24.5 Å². The number of urea groups is 1. The highest BCUT2D eigenvalue weighted by Gasteiger charge is 2.37. The van der Waals surface area contributed by atoms with Crippen molar-refractivity contribution in [3.8, 4) is 5.69 Å². The lowest BCUT2D eigenvalue weighted by molar-refractivity contribution is -0.137. The van der Waals surface area contributed by atoms with Gasteiger partial charge in [-0.15, -0.1) is 0 Å². The number of aromatic nitrogens is 2. The van der Waals surface area contributed by atoms with Crippen molar-refractivity contribution in [2.45, 2.75) is 63.7 Å². The molecular weight excluding hydrogens is 647 g/mol. The summed E-state index contributed by atoms with van der Waals surface area (Å²) < 4.78 is 69.4. The zero-order valence-electron chi connectivity index (χ0n) is 25.6. The maximum atomic E-state index is 13.7. The second-order valence-corrected chi connectivity index (χ2v) is 13.8. The molecule has 4 rings (SSSR count). The quantitative estimate of drug-likeness (QED) is 0.182. The number of carboxylic acid groups (broad SMARTS) is 1. The van der Waals surface area contributed by atoms with Crippen LogP contribution in [0.15, 0.2) is 65.6 Å². The van der Waals surface area contributed by atoms with Crippen LogP contribution in [0.1, 0.15) is 56.3 Å². The summed E-state index contributed by atoms with van der Waals surface area (Å²) in [5.74, 6) is 0.184. The van der Waals surface area contributed by atoms with E-state index in [1.165, 1.54) is 17.0 Å². The van der Waals surface area contributed by atoms with Crippen LogP contribution in [-0.4, -0.2) is 52.2 Å². The van der Waals surface area contributed by atoms with Crippen molar-refractivity contribution in [3.05, 3.63) is 88.2 Å². The van der Waals surface area contributed by atoms with Crippen LogP contribution >= 0.6 is 11.6 Å². The fourth-order valence-electron chi connectivity index (χ4n) is 5.10. The summed E-state index contributed by atoms with van der Waals surface area (Å²) in [6.07, 6.45) is -5.63. The molecule has 1 heterocycles. The van der Waals surface area contributed by atoms with Gasteiger partial charge in [-0.05, 0) is 83.0 Å².